The fourth-order valence-corrected chi connectivity index (χ4v) is 3.14. The van der Waals surface area contributed by atoms with Crippen molar-refractivity contribution in [3.63, 3.8) is 0 Å². The second-order valence-corrected chi connectivity index (χ2v) is 6.46. The van der Waals surface area contributed by atoms with Gasteiger partial charge in [-0.1, -0.05) is 52.3 Å². The van der Waals surface area contributed by atoms with Gasteiger partial charge in [-0.05, 0) is 41.8 Å². The van der Waals surface area contributed by atoms with Gasteiger partial charge in [-0.3, -0.25) is 0 Å². The molecule has 1 atom stereocenters. The van der Waals surface area contributed by atoms with Crippen LogP contribution in [0.25, 0.3) is 5.70 Å². The van der Waals surface area contributed by atoms with Gasteiger partial charge in [0.2, 0.25) is 5.95 Å². The molecule has 23 heavy (non-hydrogen) atoms. The summed E-state index contributed by atoms with van der Waals surface area (Å²) in [6.45, 7) is 2.13. The molecule has 0 unspecified atom stereocenters. The van der Waals surface area contributed by atoms with E-state index in [4.69, 9.17) is 0 Å². The Morgan fingerprint density at radius 2 is 1.87 bits per heavy atom. The van der Waals surface area contributed by atoms with Crippen LogP contribution in [0.1, 0.15) is 22.7 Å². The largest absolute Gasteiger partial charge is 0.324 e. The summed E-state index contributed by atoms with van der Waals surface area (Å²) < 4.78 is 2.99. The van der Waals surface area contributed by atoms with Gasteiger partial charge in [-0.2, -0.15) is 10.1 Å². The molecular weight excluding hydrogens is 352 g/mol. The molecule has 0 bridgehead atoms. The van der Waals surface area contributed by atoms with E-state index in [1.807, 2.05) is 16.8 Å². The summed E-state index contributed by atoms with van der Waals surface area (Å²) in [5.74, 6) is 0.763. The summed E-state index contributed by atoms with van der Waals surface area (Å²) in [6, 6.07) is 16.7. The number of aromatic nitrogens is 3. The zero-order chi connectivity index (χ0) is 15.8. The topological polar surface area (TPSA) is 42.7 Å². The highest BCUT2D eigenvalue weighted by Gasteiger charge is 2.24. The third-order valence-electron chi connectivity index (χ3n) is 4.07. The lowest BCUT2D eigenvalue weighted by Crippen LogP contribution is -2.20. The molecule has 5 heteroatoms. The fraction of sp³-hybridized carbons (Fsp3) is 0.111. The van der Waals surface area contributed by atoms with Crippen LogP contribution in [0, 0.1) is 6.92 Å². The first kappa shape index (κ1) is 14.2. The molecule has 0 radical (unpaired) electrons. The predicted octanol–water partition coefficient (Wildman–Crippen LogP) is 4.41. The minimum absolute atomic E-state index is 0.0357. The Morgan fingerprint density at radius 1 is 1.09 bits per heavy atom. The molecule has 4 rings (SSSR count). The molecule has 0 saturated heterocycles. The standard InChI is InChI=1S/C18H15BrN4/c1-12-4-2-3-5-15(12)17-10-16(13-6-8-14(19)9-7-13)22-18-20-11-21-23(17)18/h2-11,17H,1H3,(H,20,21,22)/t17-/m1/s1. The molecule has 0 aliphatic carbocycles. The molecular formula is C18H15BrN4. The maximum Gasteiger partial charge on any atom is 0.226 e. The van der Waals surface area contributed by atoms with Gasteiger partial charge in [-0.25, -0.2) is 4.68 Å². The van der Waals surface area contributed by atoms with E-state index in [-0.39, 0.29) is 6.04 Å². The molecule has 0 saturated carbocycles. The van der Waals surface area contributed by atoms with E-state index < -0.39 is 0 Å². The number of halogens is 1. The van der Waals surface area contributed by atoms with Gasteiger partial charge in [0.1, 0.15) is 12.4 Å². The summed E-state index contributed by atoms with van der Waals surface area (Å²) in [4.78, 5) is 4.35. The van der Waals surface area contributed by atoms with Gasteiger partial charge in [-0.15, -0.1) is 0 Å². The Kier molecular flexibility index (Phi) is 3.50. The summed E-state index contributed by atoms with van der Waals surface area (Å²) in [5, 5.41) is 7.76. The van der Waals surface area contributed by atoms with Crippen LogP contribution in [-0.4, -0.2) is 14.8 Å². The van der Waals surface area contributed by atoms with Crippen molar-refractivity contribution in [3.8, 4) is 0 Å². The van der Waals surface area contributed by atoms with Gasteiger partial charge in [0.05, 0.1) is 0 Å². The van der Waals surface area contributed by atoms with Gasteiger partial charge in [0, 0.05) is 10.2 Å². The van der Waals surface area contributed by atoms with Gasteiger partial charge in [0.25, 0.3) is 0 Å². The number of anilines is 1. The smallest absolute Gasteiger partial charge is 0.226 e. The molecule has 1 aliphatic rings. The van der Waals surface area contributed by atoms with Crippen LogP contribution < -0.4 is 5.32 Å². The zero-order valence-corrected chi connectivity index (χ0v) is 14.2. The Bertz CT molecular complexity index is 880. The molecule has 114 valence electrons. The van der Waals surface area contributed by atoms with Crippen LogP contribution in [0.4, 0.5) is 5.95 Å². The van der Waals surface area contributed by atoms with Gasteiger partial charge >= 0.3 is 0 Å². The normalized spacial score (nSPS) is 16.4. The van der Waals surface area contributed by atoms with Crippen molar-refractivity contribution >= 4 is 27.6 Å². The molecule has 4 nitrogen and oxygen atoms in total. The lowest BCUT2D eigenvalue weighted by atomic mass is 9.98. The molecule has 0 fully saturated rings. The molecule has 0 spiro atoms. The van der Waals surface area contributed by atoms with E-state index in [9.17, 15) is 0 Å². The van der Waals surface area contributed by atoms with E-state index in [2.05, 4.69) is 80.7 Å². The van der Waals surface area contributed by atoms with E-state index >= 15 is 0 Å². The summed E-state index contributed by atoms with van der Waals surface area (Å²) >= 11 is 3.48. The first-order valence-corrected chi connectivity index (χ1v) is 8.21. The molecule has 1 N–H and O–H groups in total. The minimum Gasteiger partial charge on any atom is -0.324 e. The Morgan fingerprint density at radius 3 is 2.65 bits per heavy atom. The zero-order valence-electron chi connectivity index (χ0n) is 12.6. The quantitative estimate of drug-likeness (QED) is 0.730. The van der Waals surface area contributed by atoms with Crippen molar-refractivity contribution in [1.29, 1.82) is 0 Å². The molecule has 2 aromatic carbocycles. The number of hydrogen-bond donors (Lipinski definition) is 1. The molecule has 0 amide bonds. The number of benzene rings is 2. The van der Waals surface area contributed by atoms with Crippen LogP contribution in [0.5, 0.6) is 0 Å². The lowest BCUT2D eigenvalue weighted by molar-refractivity contribution is 0.609. The van der Waals surface area contributed by atoms with Crippen molar-refractivity contribution in [2.75, 3.05) is 5.32 Å². The highest BCUT2D eigenvalue weighted by atomic mass is 79.9. The van der Waals surface area contributed by atoms with Crippen LogP contribution >= 0.6 is 15.9 Å². The third kappa shape index (κ3) is 2.57. The maximum absolute atomic E-state index is 4.39. The predicted molar refractivity (Wildman–Crippen MR) is 95.1 cm³/mol. The SMILES string of the molecule is Cc1ccccc1[C@H]1C=C(c2ccc(Br)cc2)Nc2ncnn21. The monoisotopic (exact) mass is 366 g/mol. The number of hydrogen-bond acceptors (Lipinski definition) is 3. The maximum atomic E-state index is 4.39. The van der Waals surface area contributed by atoms with E-state index in [0.29, 0.717) is 0 Å². The second-order valence-electron chi connectivity index (χ2n) is 5.54. The molecule has 2 heterocycles. The average molecular weight is 367 g/mol. The van der Waals surface area contributed by atoms with Crippen LogP contribution in [0.2, 0.25) is 0 Å². The van der Waals surface area contributed by atoms with Crippen molar-refractivity contribution in [2.24, 2.45) is 0 Å². The van der Waals surface area contributed by atoms with Crippen LogP contribution in [0.15, 0.2) is 65.4 Å². The summed E-state index contributed by atoms with van der Waals surface area (Å²) in [5.41, 5.74) is 4.65. The Balaban J connectivity index is 1.83. The number of nitrogens with zero attached hydrogens (tertiary/aromatic N) is 3. The number of allylic oxidation sites excluding steroid dienone is 1. The first-order chi connectivity index (χ1) is 11.2. The summed E-state index contributed by atoms with van der Waals surface area (Å²) in [6.07, 6.45) is 3.79. The van der Waals surface area contributed by atoms with Gasteiger partial charge < -0.3 is 5.32 Å². The van der Waals surface area contributed by atoms with E-state index in [1.54, 1.807) is 6.33 Å². The number of nitrogens with one attached hydrogen (secondary N) is 1. The average Bonchev–Trinajstić information content (AvgIpc) is 3.04. The Labute approximate surface area is 143 Å². The highest BCUT2D eigenvalue weighted by molar-refractivity contribution is 9.10. The molecule has 1 aliphatic heterocycles. The number of fused-ring (bicyclic) bond motifs is 1. The van der Waals surface area contributed by atoms with Crippen LogP contribution in [-0.2, 0) is 0 Å². The highest BCUT2D eigenvalue weighted by Crippen LogP contribution is 2.33. The fourth-order valence-electron chi connectivity index (χ4n) is 2.87. The van der Waals surface area contributed by atoms with Crippen molar-refractivity contribution in [1.82, 2.24) is 14.8 Å². The second kappa shape index (κ2) is 5.66. The molecule has 1 aromatic heterocycles. The van der Waals surface area contributed by atoms with Crippen LogP contribution in [0.3, 0.4) is 0 Å². The van der Waals surface area contributed by atoms with Crippen molar-refractivity contribution < 1.29 is 0 Å². The van der Waals surface area contributed by atoms with E-state index in [1.165, 1.54) is 11.1 Å². The number of aryl methyl sites for hydroxylation is 1. The minimum atomic E-state index is 0.0357. The number of rotatable bonds is 2. The van der Waals surface area contributed by atoms with Crippen molar-refractivity contribution in [2.45, 2.75) is 13.0 Å². The molecule has 3 aromatic rings. The Hall–Kier alpha value is -2.40. The van der Waals surface area contributed by atoms with E-state index in [0.717, 1.165) is 21.7 Å². The first-order valence-electron chi connectivity index (χ1n) is 7.42. The lowest BCUT2D eigenvalue weighted by Gasteiger charge is -2.25. The summed E-state index contributed by atoms with van der Waals surface area (Å²) in [7, 11) is 0. The third-order valence-corrected chi connectivity index (χ3v) is 4.60. The van der Waals surface area contributed by atoms with Crippen molar-refractivity contribution in [3.05, 3.63) is 82.1 Å². The van der Waals surface area contributed by atoms with Gasteiger partial charge in [0.15, 0.2) is 0 Å².